The van der Waals surface area contributed by atoms with Gasteiger partial charge in [0.1, 0.15) is 0 Å². The molecule has 0 aliphatic carbocycles. The van der Waals surface area contributed by atoms with Crippen LogP contribution in [0, 0.1) is 11.8 Å². The fourth-order valence-corrected chi connectivity index (χ4v) is 3.86. The molecule has 0 rings (SSSR count). The van der Waals surface area contributed by atoms with E-state index >= 15 is 0 Å². The van der Waals surface area contributed by atoms with Crippen molar-refractivity contribution in [1.29, 1.82) is 0 Å². The number of rotatable bonds is 19. The molecule has 0 fully saturated rings. The van der Waals surface area contributed by atoms with E-state index in [0.717, 1.165) is 25.7 Å². The lowest BCUT2D eigenvalue weighted by Crippen LogP contribution is -2.34. The average Bonchev–Trinajstić information content (AvgIpc) is 2.66. The van der Waals surface area contributed by atoms with Gasteiger partial charge in [-0.1, -0.05) is 90.9 Å². The highest BCUT2D eigenvalue weighted by Crippen LogP contribution is 2.27. The van der Waals surface area contributed by atoms with Gasteiger partial charge >= 0.3 is 11.9 Å². The summed E-state index contributed by atoms with van der Waals surface area (Å²) in [5.74, 6) is -1.56. The monoisotopic (exact) mass is 398 g/mol. The van der Waals surface area contributed by atoms with Crippen molar-refractivity contribution in [2.45, 2.75) is 118 Å². The Balaban J connectivity index is 4.21. The second-order valence-corrected chi connectivity index (χ2v) is 7.85. The van der Waals surface area contributed by atoms with E-state index in [1.54, 1.807) is 13.8 Å². The van der Waals surface area contributed by atoms with Crippen LogP contribution in [0.1, 0.15) is 118 Å². The molecule has 0 saturated heterocycles. The van der Waals surface area contributed by atoms with E-state index in [4.69, 9.17) is 9.47 Å². The second kappa shape index (κ2) is 19.3. The van der Waals surface area contributed by atoms with Crippen molar-refractivity contribution in [1.82, 2.24) is 0 Å². The Morgan fingerprint density at radius 3 is 1.39 bits per heavy atom. The van der Waals surface area contributed by atoms with Gasteiger partial charge in [0.2, 0.25) is 0 Å². The van der Waals surface area contributed by atoms with Gasteiger partial charge in [-0.15, -0.1) is 0 Å². The third kappa shape index (κ3) is 13.2. The summed E-state index contributed by atoms with van der Waals surface area (Å²) in [6.45, 7) is 8.50. The summed E-state index contributed by atoms with van der Waals surface area (Å²) in [6, 6.07) is 0. The van der Waals surface area contributed by atoms with Crippen molar-refractivity contribution >= 4 is 11.9 Å². The molecule has 0 saturated carbocycles. The first-order valence-electron chi connectivity index (χ1n) is 11.9. The topological polar surface area (TPSA) is 52.6 Å². The molecule has 28 heavy (non-hydrogen) atoms. The molecule has 0 aromatic carbocycles. The Labute approximate surface area is 174 Å². The maximum Gasteiger partial charge on any atom is 0.320 e. The molecular formula is C24H46O4. The number of carbonyl (C=O) groups excluding carboxylic acids is 2. The summed E-state index contributed by atoms with van der Waals surface area (Å²) in [7, 11) is 0. The summed E-state index contributed by atoms with van der Waals surface area (Å²) in [5.41, 5.74) is 0. The molecule has 1 atom stereocenters. The number of unbranched alkanes of at least 4 members (excludes halogenated alkanes) is 10. The van der Waals surface area contributed by atoms with E-state index in [1.807, 2.05) is 0 Å². The quantitative estimate of drug-likeness (QED) is 0.136. The zero-order chi connectivity index (χ0) is 21.0. The second-order valence-electron chi connectivity index (χ2n) is 7.85. The van der Waals surface area contributed by atoms with Gasteiger partial charge in [0.25, 0.3) is 0 Å². The molecule has 0 aliphatic heterocycles. The average molecular weight is 399 g/mol. The first-order valence-corrected chi connectivity index (χ1v) is 11.9. The Kier molecular flexibility index (Phi) is 18.5. The number of hydrogen-bond donors (Lipinski definition) is 0. The van der Waals surface area contributed by atoms with Crippen molar-refractivity contribution < 1.29 is 19.1 Å². The fraction of sp³-hybridized carbons (Fsp3) is 0.917. The molecule has 0 bridgehead atoms. The van der Waals surface area contributed by atoms with Crippen molar-refractivity contribution in [2.24, 2.45) is 11.8 Å². The van der Waals surface area contributed by atoms with Gasteiger partial charge in [-0.3, -0.25) is 9.59 Å². The van der Waals surface area contributed by atoms with Gasteiger partial charge in [-0.2, -0.15) is 0 Å². The lowest BCUT2D eigenvalue weighted by Gasteiger charge is -2.24. The molecule has 0 spiro atoms. The molecule has 0 heterocycles. The van der Waals surface area contributed by atoms with Crippen molar-refractivity contribution in [3.05, 3.63) is 0 Å². The molecule has 4 heteroatoms. The first kappa shape index (κ1) is 26.9. The largest absolute Gasteiger partial charge is 0.465 e. The Hall–Kier alpha value is -1.06. The zero-order valence-electron chi connectivity index (χ0n) is 19.1. The first-order chi connectivity index (χ1) is 13.6. The third-order valence-electron chi connectivity index (χ3n) is 5.39. The van der Waals surface area contributed by atoms with Crippen LogP contribution in [0.3, 0.4) is 0 Å². The smallest absolute Gasteiger partial charge is 0.320 e. The third-order valence-corrected chi connectivity index (χ3v) is 5.39. The summed E-state index contributed by atoms with van der Waals surface area (Å²) in [6.07, 6.45) is 17.0. The maximum absolute atomic E-state index is 12.4. The lowest BCUT2D eigenvalue weighted by atomic mass is 9.84. The van der Waals surface area contributed by atoms with Crippen LogP contribution >= 0.6 is 0 Å². The number of esters is 2. The molecule has 1 unspecified atom stereocenters. The van der Waals surface area contributed by atoms with E-state index in [2.05, 4.69) is 13.8 Å². The van der Waals surface area contributed by atoms with E-state index in [1.165, 1.54) is 64.2 Å². The summed E-state index contributed by atoms with van der Waals surface area (Å²) in [5, 5.41) is 0. The Bertz CT molecular complexity index is 363. The van der Waals surface area contributed by atoms with Gasteiger partial charge in [0, 0.05) is 0 Å². The Morgan fingerprint density at radius 1 is 0.571 bits per heavy atom. The predicted molar refractivity (Wildman–Crippen MR) is 116 cm³/mol. The van der Waals surface area contributed by atoms with E-state index in [0.29, 0.717) is 13.2 Å². The van der Waals surface area contributed by atoms with Crippen LogP contribution in [-0.2, 0) is 19.1 Å². The molecule has 0 aromatic rings. The minimum Gasteiger partial charge on any atom is -0.465 e. The fourth-order valence-electron chi connectivity index (χ4n) is 3.86. The predicted octanol–water partition coefficient (Wildman–Crippen LogP) is 6.85. The molecule has 0 radical (unpaired) electrons. The van der Waals surface area contributed by atoms with Crippen LogP contribution in [-0.4, -0.2) is 25.2 Å². The highest BCUT2D eigenvalue weighted by Gasteiger charge is 2.36. The van der Waals surface area contributed by atoms with Crippen LogP contribution in [0.5, 0.6) is 0 Å². The molecule has 0 amide bonds. The number of carbonyl (C=O) groups is 2. The highest BCUT2D eigenvalue weighted by molar-refractivity contribution is 5.95. The maximum atomic E-state index is 12.4. The normalized spacial score (nSPS) is 12.2. The summed E-state index contributed by atoms with van der Waals surface area (Å²) in [4.78, 5) is 24.7. The number of ether oxygens (including phenoxy) is 2. The standard InChI is InChI=1S/C24H46O4/c1-5-9-10-11-12-13-14-15-16-17-18-20-21(19-6-2)22(23(25)27-7-3)24(26)28-8-4/h21-22H,5-20H2,1-4H3. The van der Waals surface area contributed by atoms with Crippen LogP contribution in [0.4, 0.5) is 0 Å². The van der Waals surface area contributed by atoms with E-state index in [-0.39, 0.29) is 5.92 Å². The van der Waals surface area contributed by atoms with Crippen LogP contribution < -0.4 is 0 Å². The van der Waals surface area contributed by atoms with Crippen molar-refractivity contribution in [3.8, 4) is 0 Å². The molecule has 0 aromatic heterocycles. The SMILES string of the molecule is CCCCCCCCCCCCCC(CCC)C(C(=O)OCC)C(=O)OCC. The van der Waals surface area contributed by atoms with Gasteiger partial charge in [-0.25, -0.2) is 0 Å². The minimum atomic E-state index is -0.761. The zero-order valence-corrected chi connectivity index (χ0v) is 19.1. The summed E-state index contributed by atoms with van der Waals surface area (Å²) < 4.78 is 10.3. The van der Waals surface area contributed by atoms with Crippen LogP contribution in [0.2, 0.25) is 0 Å². The highest BCUT2D eigenvalue weighted by atomic mass is 16.6. The van der Waals surface area contributed by atoms with Crippen molar-refractivity contribution in [3.63, 3.8) is 0 Å². The molecular weight excluding hydrogens is 352 g/mol. The molecule has 0 aliphatic rings. The van der Waals surface area contributed by atoms with E-state index in [9.17, 15) is 9.59 Å². The molecule has 4 nitrogen and oxygen atoms in total. The minimum absolute atomic E-state index is 0.0293. The van der Waals surface area contributed by atoms with Crippen LogP contribution in [0.25, 0.3) is 0 Å². The van der Waals surface area contributed by atoms with Crippen LogP contribution in [0.15, 0.2) is 0 Å². The van der Waals surface area contributed by atoms with Gasteiger partial charge in [0.15, 0.2) is 5.92 Å². The van der Waals surface area contributed by atoms with E-state index < -0.39 is 17.9 Å². The van der Waals surface area contributed by atoms with Gasteiger partial charge < -0.3 is 9.47 Å². The molecule has 166 valence electrons. The Morgan fingerprint density at radius 2 is 1.00 bits per heavy atom. The van der Waals surface area contributed by atoms with Gasteiger partial charge in [-0.05, 0) is 32.6 Å². The summed E-state index contributed by atoms with van der Waals surface area (Å²) >= 11 is 0. The number of hydrogen-bond acceptors (Lipinski definition) is 4. The van der Waals surface area contributed by atoms with Crippen molar-refractivity contribution in [2.75, 3.05) is 13.2 Å². The molecule has 0 N–H and O–H groups in total. The lowest BCUT2D eigenvalue weighted by molar-refractivity contribution is -0.164. The van der Waals surface area contributed by atoms with Gasteiger partial charge in [0.05, 0.1) is 13.2 Å².